The van der Waals surface area contributed by atoms with Crippen LogP contribution in [0, 0.1) is 11.3 Å². The minimum absolute atomic E-state index is 0.0000666. The van der Waals surface area contributed by atoms with Crippen LogP contribution in [-0.2, 0) is 4.74 Å². The quantitative estimate of drug-likeness (QED) is 0.581. The Morgan fingerprint density at radius 1 is 1.69 bits per heavy atom. The second kappa shape index (κ2) is 4.94. The van der Waals surface area contributed by atoms with E-state index >= 15 is 0 Å². The molecule has 1 fully saturated rings. The molecule has 1 aromatic rings. The predicted molar refractivity (Wildman–Crippen MR) is 59.7 cm³/mol. The number of pyridine rings is 1. The van der Waals surface area contributed by atoms with Gasteiger partial charge in [0.1, 0.15) is 11.6 Å². The average Bonchev–Trinajstić information content (AvgIpc) is 2.79. The first-order valence-electron chi connectivity index (χ1n) is 5.26. The van der Waals surface area contributed by atoms with E-state index in [9.17, 15) is 0 Å². The van der Waals surface area contributed by atoms with E-state index in [0.717, 1.165) is 19.6 Å². The Hall–Kier alpha value is -1.62. The lowest BCUT2D eigenvalue weighted by molar-refractivity contribution is 0.167. The van der Waals surface area contributed by atoms with E-state index in [2.05, 4.69) is 4.98 Å². The zero-order valence-corrected chi connectivity index (χ0v) is 8.98. The highest BCUT2D eigenvalue weighted by Gasteiger charge is 2.17. The summed E-state index contributed by atoms with van der Waals surface area (Å²) in [5, 5.41) is 7.41. The second-order valence-electron chi connectivity index (χ2n) is 3.83. The van der Waals surface area contributed by atoms with E-state index in [4.69, 9.17) is 20.6 Å². The smallest absolute Gasteiger partial charge is 0.148 e. The van der Waals surface area contributed by atoms with Crippen molar-refractivity contribution in [2.24, 2.45) is 11.7 Å². The van der Waals surface area contributed by atoms with E-state index in [1.807, 2.05) is 0 Å². The largest absolute Gasteiger partial charge is 0.491 e. The number of nitrogen functional groups attached to an aromatic ring is 1. The van der Waals surface area contributed by atoms with Gasteiger partial charge >= 0.3 is 0 Å². The highest BCUT2D eigenvalue weighted by atomic mass is 16.5. The van der Waals surface area contributed by atoms with Crippen molar-refractivity contribution in [2.75, 3.05) is 19.8 Å². The number of rotatable bonds is 4. The lowest BCUT2D eigenvalue weighted by Crippen LogP contribution is -2.16. The van der Waals surface area contributed by atoms with Crippen molar-refractivity contribution in [2.45, 2.75) is 6.42 Å². The third-order valence-corrected chi connectivity index (χ3v) is 2.57. The molecule has 5 nitrogen and oxygen atoms in total. The van der Waals surface area contributed by atoms with Gasteiger partial charge < -0.3 is 15.2 Å². The lowest BCUT2D eigenvalue weighted by Gasteiger charge is -2.12. The van der Waals surface area contributed by atoms with Gasteiger partial charge in [0.2, 0.25) is 0 Å². The summed E-state index contributed by atoms with van der Waals surface area (Å²) in [6, 6.07) is 1.68. The van der Waals surface area contributed by atoms with Gasteiger partial charge in [0.15, 0.2) is 0 Å². The number of amidine groups is 1. The monoisotopic (exact) mass is 221 g/mol. The Bertz CT molecular complexity index is 375. The Labute approximate surface area is 94.1 Å². The summed E-state index contributed by atoms with van der Waals surface area (Å²) in [6.45, 7) is 2.14. The van der Waals surface area contributed by atoms with Gasteiger partial charge in [0.05, 0.1) is 25.0 Å². The van der Waals surface area contributed by atoms with Crippen LogP contribution < -0.4 is 10.5 Å². The zero-order valence-electron chi connectivity index (χ0n) is 8.98. The number of nitrogens with two attached hydrogens (primary N) is 1. The number of hydrogen-bond acceptors (Lipinski definition) is 4. The van der Waals surface area contributed by atoms with Crippen molar-refractivity contribution in [3.63, 3.8) is 0 Å². The molecule has 0 aliphatic carbocycles. The summed E-state index contributed by atoms with van der Waals surface area (Å²) in [7, 11) is 0. The molecule has 1 atom stereocenters. The van der Waals surface area contributed by atoms with Crippen molar-refractivity contribution in [1.82, 2.24) is 4.98 Å². The zero-order chi connectivity index (χ0) is 11.4. The second-order valence-corrected chi connectivity index (χ2v) is 3.83. The SMILES string of the molecule is N=C(N)c1ccncc1OCC1CCOC1. The molecule has 0 bridgehead atoms. The third kappa shape index (κ3) is 2.49. The number of aromatic nitrogens is 1. The highest BCUT2D eigenvalue weighted by Crippen LogP contribution is 2.19. The molecule has 0 amide bonds. The summed E-state index contributed by atoms with van der Waals surface area (Å²) in [5.41, 5.74) is 6.04. The van der Waals surface area contributed by atoms with Crippen LogP contribution in [0.2, 0.25) is 0 Å². The van der Waals surface area contributed by atoms with Crippen LogP contribution in [0.25, 0.3) is 0 Å². The molecular formula is C11H15N3O2. The Morgan fingerprint density at radius 2 is 2.56 bits per heavy atom. The van der Waals surface area contributed by atoms with Crippen LogP contribution >= 0.6 is 0 Å². The maximum absolute atomic E-state index is 7.41. The number of ether oxygens (including phenoxy) is 2. The minimum atomic E-state index is 0.0000666. The molecular weight excluding hydrogens is 206 g/mol. The predicted octanol–water partition coefficient (Wildman–Crippen LogP) is 0.781. The Balaban J connectivity index is 2.00. The topological polar surface area (TPSA) is 81.2 Å². The molecule has 5 heteroatoms. The van der Waals surface area contributed by atoms with Crippen LogP contribution in [0.1, 0.15) is 12.0 Å². The number of nitrogens with zero attached hydrogens (tertiary/aromatic N) is 1. The molecule has 0 aromatic carbocycles. The molecule has 16 heavy (non-hydrogen) atoms. The summed E-state index contributed by atoms with van der Waals surface area (Å²) in [6.07, 6.45) is 4.21. The molecule has 1 saturated heterocycles. The van der Waals surface area contributed by atoms with Crippen LogP contribution in [-0.4, -0.2) is 30.6 Å². The highest BCUT2D eigenvalue weighted by molar-refractivity contribution is 5.97. The molecule has 0 spiro atoms. The molecule has 0 saturated carbocycles. The first-order valence-corrected chi connectivity index (χ1v) is 5.26. The fraction of sp³-hybridized carbons (Fsp3) is 0.455. The Kier molecular flexibility index (Phi) is 3.36. The van der Waals surface area contributed by atoms with Crippen LogP contribution in [0.15, 0.2) is 18.5 Å². The maximum atomic E-state index is 7.41. The van der Waals surface area contributed by atoms with Gasteiger partial charge in [-0.15, -0.1) is 0 Å². The third-order valence-electron chi connectivity index (χ3n) is 2.57. The lowest BCUT2D eigenvalue weighted by atomic mass is 10.1. The molecule has 1 aromatic heterocycles. The molecule has 1 aliphatic heterocycles. The normalized spacial score (nSPS) is 19.6. The van der Waals surface area contributed by atoms with Crippen molar-refractivity contribution in [3.05, 3.63) is 24.0 Å². The summed E-state index contributed by atoms with van der Waals surface area (Å²) >= 11 is 0. The van der Waals surface area contributed by atoms with E-state index in [1.54, 1.807) is 18.5 Å². The molecule has 86 valence electrons. The average molecular weight is 221 g/mol. The number of nitrogens with one attached hydrogen (secondary N) is 1. The van der Waals surface area contributed by atoms with E-state index < -0.39 is 0 Å². The fourth-order valence-corrected chi connectivity index (χ4v) is 1.64. The first-order chi connectivity index (χ1) is 7.77. The summed E-state index contributed by atoms with van der Waals surface area (Å²) in [5.74, 6) is 1.00. The van der Waals surface area contributed by atoms with E-state index in [1.165, 1.54) is 0 Å². The van der Waals surface area contributed by atoms with Gasteiger partial charge in [-0.25, -0.2) is 0 Å². The summed E-state index contributed by atoms with van der Waals surface area (Å²) in [4.78, 5) is 3.96. The Morgan fingerprint density at radius 3 is 3.25 bits per heavy atom. The van der Waals surface area contributed by atoms with Gasteiger partial charge in [0.25, 0.3) is 0 Å². The standard InChI is InChI=1S/C11H15N3O2/c12-11(13)9-1-3-14-5-10(9)16-7-8-2-4-15-6-8/h1,3,5,8H,2,4,6-7H2,(H3,12,13). The van der Waals surface area contributed by atoms with Crippen LogP contribution in [0.4, 0.5) is 0 Å². The molecule has 1 aliphatic rings. The van der Waals surface area contributed by atoms with Crippen molar-refractivity contribution < 1.29 is 9.47 Å². The molecule has 3 N–H and O–H groups in total. The van der Waals surface area contributed by atoms with Crippen molar-refractivity contribution in [3.8, 4) is 5.75 Å². The van der Waals surface area contributed by atoms with Gasteiger partial charge in [0, 0.05) is 18.7 Å². The van der Waals surface area contributed by atoms with Gasteiger partial charge in [-0.05, 0) is 12.5 Å². The molecule has 2 rings (SSSR count). The maximum Gasteiger partial charge on any atom is 0.148 e. The summed E-state index contributed by atoms with van der Waals surface area (Å²) < 4.78 is 10.9. The fourth-order valence-electron chi connectivity index (χ4n) is 1.64. The minimum Gasteiger partial charge on any atom is -0.491 e. The molecule has 1 unspecified atom stereocenters. The molecule has 2 heterocycles. The van der Waals surface area contributed by atoms with Crippen LogP contribution in [0.3, 0.4) is 0 Å². The van der Waals surface area contributed by atoms with Crippen LogP contribution in [0.5, 0.6) is 5.75 Å². The van der Waals surface area contributed by atoms with E-state index in [-0.39, 0.29) is 5.84 Å². The first kappa shape index (κ1) is 10.9. The molecule has 0 radical (unpaired) electrons. The van der Waals surface area contributed by atoms with Gasteiger partial charge in [-0.3, -0.25) is 10.4 Å². The van der Waals surface area contributed by atoms with Crippen molar-refractivity contribution >= 4 is 5.84 Å². The number of hydrogen-bond donors (Lipinski definition) is 2. The van der Waals surface area contributed by atoms with E-state index in [0.29, 0.717) is 23.8 Å². The van der Waals surface area contributed by atoms with Gasteiger partial charge in [-0.2, -0.15) is 0 Å². The van der Waals surface area contributed by atoms with Crippen molar-refractivity contribution in [1.29, 1.82) is 5.41 Å². The van der Waals surface area contributed by atoms with Gasteiger partial charge in [-0.1, -0.05) is 0 Å².